The van der Waals surface area contributed by atoms with Gasteiger partial charge < -0.3 is 20.4 Å². The molecule has 0 bridgehead atoms. The first-order valence-corrected chi connectivity index (χ1v) is 7.40. The predicted molar refractivity (Wildman–Crippen MR) is 70.5 cm³/mol. The van der Waals surface area contributed by atoms with Gasteiger partial charge in [0.2, 0.25) is 15.9 Å². The van der Waals surface area contributed by atoms with E-state index >= 15 is 0 Å². The van der Waals surface area contributed by atoms with Crippen molar-refractivity contribution in [1.82, 2.24) is 4.72 Å². The molecule has 1 amide bonds. The summed E-state index contributed by atoms with van der Waals surface area (Å²) >= 11 is 0. The lowest BCUT2D eigenvalue weighted by molar-refractivity contribution is -0.308. The van der Waals surface area contributed by atoms with Crippen molar-refractivity contribution in [1.29, 1.82) is 0 Å². The minimum absolute atomic E-state index is 0.131. The molecule has 1 rings (SSSR count). The maximum atomic E-state index is 12.0. The van der Waals surface area contributed by atoms with E-state index in [1.807, 2.05) is 4.72 Å². The Morgan fingerprint density at radius 1 is 1.33 bits per heavy atom. The highest BCUT2D eigenvalue weighted by Crippen LogP contribution is 2.16. The molecule has 0 radical (unpaired) electrons. The summed E-state index contributed by atoms with van der Waals surface area (Å²) in [5.74, 6) is -1.91. The van der Waals surface area contributed by atoms with E-state index in [-0.39, 0.29) is 17.7 Å². The fourth-order valence-electron chi connectivity index (χ4n) is 1.52. The molecule has 0 aliphatic heterocycles. The Bertz CT molecular complexity index is 611. The van der Waals surface area contributed by atoms with Crippen LogP contribution in [-0.4, -0.2) is 33.4 Å². The third kappa shape index (κ3) is 5.04. The van der Waals surface area contributed by atoms with E-state index in [0.29, 0.717) is 5.75 Å². The number of methoxy groups -OCH3 is 1. The summed E-state index contributed by atoms with van der Waals surface area (Å²) in [5.41, 5.74) is 4.90. The third-order valence-electron chi connectivity index (χ3n) is 2.63. The molecule has 116 valence electrons. The van der Waals surface area contributed by atoms with Gasteiger partial charge in [0, 0.05) is 6.42 Å². The van der Waals surface area contributed by atoms with Crippen molar-refractivity contribution in [2.45, 2.75) is 23.8 Å². The highest BCUT2D eigenvalue weighted by molar-refractivity contribution is 7.89. The molecular formula is C12H15N2O6S-. The lowest BCUT2D eigenvalue weighted by Crippen LogP contribution is -2.48. The number of carboxylic acid groups (broad SMARTS) is 1. The normalized spacial score (nSPS) is 12.6. The van der Waals surface area contributed by atoms with Gasteiger partial charge in [-0.3, -0.25) is 4.79 Å². The number of primary amides is 1. The number of hydrogen-bond donors (Lipinski definition) is 2. The second kappa shape index (κ2) is 7.04. The van der Waals surface area contributed by atoms with Crippen LogP contribution in [0.25, 0.3) is 0 Å². The molecule has 0 saturated carbocycles. The number of hydrogen-bond acceptors (Lipinski definition) is 6. The number of benzene rings is 1. The summed E-state index contributed by atoms with van der Waals surface area (Å²) in [5, 5.41) is 10.9. The SMILES string of the molecule is COc1ccc(S(=O)(=O)NC(CCC(N)=O)C(=O)[O-])cc1. The topological polar surface area (TPSA) is 139 Å². The molecule has 1 aromatic carbocycles. The molecule has 8 nitrogen and oxygen atoms in total. The predicted octanol–water partition coefficient (Wildman–Crippen LogP) is -1.64. The van der Waals surface area contributed by atoms with Crippen LogP contribution in [0.2, 0.25) is 0 Å². The average molecular weight is 315 g/mol. The molecule has 0 aliphatic rings. The van der Waals surface area contributed by atoms with Crippen molar-refractivity contribution < 1.29 is 27.9 Å². The van der Waals surface area contributed by atoms with Crippen LogP contribution in [-0.2, 0) is 19.6 Å². The highest BCUT2D eigenvalue weighted by atomic mass is 32.2. The molecular weight excluding hydrogens is 300 g/mol. The van der Waals surface area contributed by atoms with Gasteiger partial charge in [-0.15, -0.1) is 0 Å². The number of rotatable bonds is 8. The van der Waals surface area contributed by atoms with E-state index in [1.54, 1.807) is 0 Å². The molecule has 9 heteroatoms. The van der Waals surface area contributed by atoms with Gasteiger partial charge in [0.15, 0.2) is 0 Å². The monoisotopic (exact) mass is 315 g/mol. The Morgan fingerprint density at radius 2 is 1.90 bits per heavy atom. The van der Waals surface area contributed by atoms with E-state index in [4.69, 9.17) is 10.5 Å². The molecule has 0 spiro atoms. The number of carbonyl (C=O) groups is 2. The van der Waals surface area contributed by atoms with E-state index < -0.39 is 27.9 Å². The molecule has 1 atom stereocenters. The molecule has 21 heavy (non-hydrogen) atoms. The third-order valence-corrected chi connectivity index (χ3v) is 4.12. The fourth-order valence-corrected chi connectivity index (χ4v) is 2.74. The van der Waals surface area contributed by atoms with Crippen LogP contribution in [0, 0.1) is 0 Å². The van der Waals surface area contributed by atoms with Crippen LogP contribution in [0.15, 0.2) is 29.2 Å². The van der Waals surface area contributed by atoms with Gasteiger partial charge >= 0.3 is 0 Å². The van der Waals surface area contributed by atoms with Crippen molar-refractivity contribution in [3.63, 3.8) is 0 Å². The van der Waals surface area contributed by atoms with Crippen molar-refractivity contribution in [2.24, 2.45) is 5.73 Å². The first-order valence-electron chi connectivity index (χ1n) is 5.92. The number of ether oxygens (including phenoxy) is 1. The lowest BCUT2D eigenvalue weighted by Gasteiger charge is -2.19. The minimum Gasteiger partial charge on any atom is -0.548 e. The van der Waals surface area contributed by atoms with Gasteiger partial charge in [-0.1, -0.05) is 0 Å². The van der Waals surface area contributed by atoms with Crippen LogP contribution in [0.5, 0.6) is 5.75 Å². The van der Waals surface area contributed by atoms with Crippen molar-refractivity contribution in [3.8, 4) is 5.75 Å². The van der Waals surface area contributed by atoms with Gasteiger partial charge in [-0.05, 0) is 30.7 Å². The fraction of sp³-hybridized carbons (Fsp3) is 0.333. The Balaban J connectivity index is 2.89. The zero-order chi connectivity index (χ0) is 16.0. The molecule has 0 aliphatic carbocycles. The Labute approximate surface area is 122 Å². The Kier molecular flexibility index (Phi) is 5.68. The first-order chi connectivity index (χ1) is 9.76. The van der Waals surface area contributed by atoms with E-state index in [2.05, 4.69) is 0 Å². The number of aliphatic carboxylic acids is 1. The maximum Gasteiger partial charge on any atom is 0.241 e. The number of nitrogens with one attached hydrogen (secondary N) is 1. The number of carbonyl (C=O) groups excluding carboxylic acids is 2. The number of nitrogens with two attached hydrogens (primary N) is 1. The first kappa shape index (κ1) is 16.9. The van der Waals surface area contributed by atoms with Crippen molar-refractivity contribution in [2.75, 3.05) is 7.11 Å². The Hall–Kier alpha value is -2.13. The zero-order valence-corrected chi connectivity index (χ0v) is 12.1. The summed E-state index contributed by atoms with van der Waals surface area (Å²) < 4.78 is 30.9. The molecule has 0 aromatic heterocycles. The number of sulfonamides is 1. The van der Waals surface area contributed by atoms with Crippen LogP contribution in [0.1, 0.15) is 12.8 Å². The van der Waals surface area contributed by atoms with Gasteiger partial charge in [-0.25, -0.2) is 13.1 Å². The maximum absolute atomic E-state index is 12.0. The minimum atomic E-state index is -4.06. The molecule has 1 unspecified atom stereocenters. The van der Waals surface area contributed by atoms with Gasteiger partial charge in [0.05, 0.1) is 24.0 Å². The standard InChI is InChI=1S/C12H16N2O6S/c1-20-8-2-4-9(5-3-8)21(18,19)14-10(12(16)17)6-7-11(13)15/h2-5,10,14H,6-7H2,1H3,(H2,13,15)(H,16,17)/p-1. The van der Waals surface area contributed by atoms with Crippen LogP contribution >= 0.6 is 0 Å². The lowest BCUT2D eigenvalue weighted by atomic mass is 10.2. The van der Waals surface area contributed by atoms with Crippen LogP contribution in [0.4, 0.5) is 0 Å². The summed E-state index contributed by atoms with van der Waals surface area (Å²) in [6, 6.07) is 3.84. The van der Waals surface area contributed by atoms with Crippen LogP contribution in [0.3, 0.4) is 0 Å². The Morgan fingerprint density at radius 3 is 2.33 bits per heavy atom. The average Bonchev–Trinajstić information content (AvgIpc) is 2.43. The van der Waals surface area contributed by atoms with E-state index in [9.17, 15) is 23.1 Å². The summed E-state index contributed by atoms with van der Waals surface area (Å²) in [4.78, 5) is 21.4. The number of amides is 1. The van der Waals surface area contributed by atoms with Crippen molar-refractivity contribution in [3.05, 3.63) is 24.3 Å². The highest BCUT2D eigenvalue weighted by Gasteiger charge is 2.21. The molecule has 0 heterocycles. The largest absolute Gasteiger partial charge is 0.548 e. The molecule has 1 aromatic rings. The van der Waals surface area contributed by atoms with Crippen LogP contribution < -0.4 is 20.3 Å². The van der Waals surface area contributed by atoms with Crippen molar-refractivity contribution >= 4 is 21.9 Å². The summed E-state index contributed by atoms with van der Waals surface area (Å²) in [7, 11) is -2.63. The smallest absolute Gasteiger partial charge is 0.241 e. The molecule has 0 saturated heterocycles. The second-order valence-corrected chi connectivity index (χ2v) is 5.89. The number of carboxylic acids is 1. The van der Waals surface area contributed by atoms with Gasteiger partial charge in [-0.2, -0.15) is 0 Å². The quantitative estimate of drug-likeness (QED) is 0.589. The summed E-state index contributed by atoms with van der Waals surface area (Å²) in [6.07, 6.45) is -0.559. The molecule has 3 N–H and O–H groups in total. The van der Waals surface area contributed by atoms with Gasteiger partial charge in [0.1, 0.15) is 5.75 Å². The summed E-state index contributed by atoms with van der Waals surface area (Å²) in [6.45, 7) is 0. The second-order valence-electron chi connectivity index (χ2n) is 4.17. The van der Waals surface area contributed by atoms with E-state index in [1.165, 1.54) is 31.4 Å². The van der Waals surface area contributed by atoms with Gasteiger partial charge in [0.25, 0.3) is 0 Å². The zero-order valence-electron chi connectivity index (χ0n) is 11.2. The van der Waals surface area contributed by atoms with E-state index in [0.717, 1.165) is 0 Å². The molecule has 0 fully saturated rings.